The Kier molecular flexibility index (Phi) is 2.87. The summed E-state index contributed by atoms with van der Waals surface area (Å²) in [7, 11) is 0. The van der Waals surface area contributed by atoms with Gasteiger partial charge in [0.2, 0.25) is 0 Å². The molecule has 1 aromatic carbocycles. The molecule has 0 saturated heterocycles. The Morgan fingerprint density at radius 3 is 2.33 bits per heavy atom. The van der Waals surface area contributed by atoms with Crippen LogP contribution in [-0.2, 0) is 4.79 Å². The van der Waals surface area contributed by atoms with Crippen molar-refractivity contribution < 1.29 is 9.90 Å². The van der Waals surface area contributed by atoms with Gasteiger partial charge in [-0.15, -0.1) is 0 Å². The van der Waals surface area contributed by atoms with Gasteiger partial charge in [-0.1, -0.05) is 45.8 Å². The van der Waals surface area contributed by atoms with E-state index in [1.165, 1.54) is 0 Å². The SMILES string of the molecule is Cc1ccc(C(Br)C(=O)O)cc1. The normalized spacial score (nSPS) is 12.5. The number of carboxylic acid groups (broad SMARTS) is 1. The predicted molar refractivity (Wildman–Crippen MR) is 50.5 cm³/mol. The van der Waals surface area contributed by atoms with Gasteiger partial charge in [0.15, 0.2) is 0 Å². The summed E-state index contributed by atoms with van der Waals surface area (Å²) in [5.41, 5.74) is 1.90. The second-order valence-corrected chi connectivity index (χ2v) is 3.53. The van der Waals surface area contributed by atoms with Gasteiger partial charge in [-0.2, -0.15) is 0 Å². The number of carboxylic acids is 1. The van der Waals surface area contributed by atoms with Crippen molar-refractivity contribution in [3.63, 3.8) is 0 Å². The van der Waals surface area contributed by atoms with Crippen molar-refractivity contribution in [3.8, 4) is 0 Å². The lowest BCUT2D eigenvalue weighted by molar-refractivity contribution is -0.136. The lowest BCUT2D eigenvalue weighted by Gasteiger charge is -2.04. The highest BCUT2D eigenvalue weighted by Crippen LogP contribution is 2.22. The lowest BCUT2D eigenvalue weighted by atomic mass is 10.1. The van der Waals surface area contributed by atoms with Crippen molar-refractivity contribution in [2.45, 2.75) is 11.8 Å². The van der Waals surface area contributed by atoms with Gasteiger partial charge in [0, 0.05) is 0 Å². The minimum Gasteiger partial charge on any atom is -0.480 e. The largest absolute Gasteiger partial charge is 0.480 e. The average molecular weight is 229 g/mol. The van der Waals surface area contributed by atoms with Crippen LogP contribution in [-0.4, -0.2) is 11.1 Å². The highest BCUT2D eigenvalue weighted by molar-refractivity contribution is 9.09. The van der Waals surface area contributed by atoms with E-state index in [-0.39, 0.29) is 0 Å². The maximum atomic E-state index is 10.5. The molecule has 64 valence electrons. The van der Waals surface area contributed by atoms with Crippen LogP contribution >= 0.6 is 15.9 Å². The molecular formula is C9H9BrO2. The molecule has 3 heteroatoms. The summed E-state index contributed by atoms with van der Waals surface area (Å²) in [5, 5.41) is 8.66. The van der Waals surface area contributed by atoms with Crippen molar-refractivity contribution in [1.29, 1.82) is 0 Å². The van der Waals surface area contributed by atoms with Crippen LogP contribution in [0.1, 0.15) is 16.0 Å². The van der Waals surface area contributed by atoms with Crippen molar-refractivity contribution in [3.05, 3.63) is 35.4 Å². The molecule has 1 rings (SSSR count). The fourth-order valence-corrected chi connectivity index (χ4v) is 1.18. The number of aliphatic carboxylic acids is 1. The molecule has 0 amide bonds. The van der Waals surface area contributed by atoms with Gasteiger partial charge in [-0.3, -0.25) is 4.79 Å². The lowest BCUT2D eigenvalue weighted by Crippen LogP contribution is -2.03. The molecule has 1 unspecified atom stereocenters. The van der Waals surface area contributed by atoms with Gasteiger partial charge in [0.25, 0.3) is 0 Å². The molecule has 0 spiro atoms. The summed E-state index contributed by atoms with van der Waals surface area (Å²) < 4.78 is 0. The molecule has 0 aliphatic rings. The summed E-state index contributed by atoms with van der Waals surface area (Å²) >= 11 is 3.08. The molecule has 0 saturated carbocycles. The minimum atomic E-state index is -0.862. The van der Waals surface area contributed by atoms with Gasteiger partial charge in [0.1, 0.15) is 4.83 Å². The smallest absolute Gasteiger partial charge is 0.321 e. The topological polar surface area (TPSA) is 37.3 Å². The van der Waals surface area contributed by atoms with Crippen LogP contribution in [0.2, 0.25) is 0 Å². The standard InChI is InChI=1S/C9H9BrO2/c1-6-2-4-7(5-3-6)8(10)9(11)12/h2-5,8H,1H3,(H,11,12). The average Bonchev–Trinajstić information content (AvgIpc) is 2.04. The van der Waals surface area contributed by atoms with Crippen LogP contribution in [0.4, 0.5) is 0 Å². The Morgan fingerprint density at radius 2 is 1.92 bits per heavy atom. The number of alkyl halides is 1. The van der Waals surface area contributed by atoms with Gasteiger partial charge in [0.05, 0.1) is 0 Å². The Balaban J connectivity index is 2.89. The van der Waals surface area contributed by atoms with Crippen molar-refractivity contribution >= 4 is 21.9 Å². The van der Waals surface area contributed by atoms with Crippen LogP contribution in [0.3, 0.4) is 0 Å². The first kappa shape index (κ1) is 9.26. The highest BCUT2D eigenvalue weighted by atomic mass is 79.9. The molecule has 2 nitrogen and oxygen atoms in total. The zero-order valence-electron chi connectivity index (χ0n) is 6.62. The minimum absolute atomic E-state index is 0.599. The van der Waals surface area contributed by atoms with Gasteiger partial charge in [-0.05, 0) is 12.5 Å². The Morgan fingerprint density at radius 1 is 1.42 bits per heavy atom. The molecule has 0 aromatic heterocycles. The molecule has 1 aromatic rings. The fraction of sp³-hybridized carbons (Fsp3) is 0.222. The number of benzene rings is 1. The maximum absolute atomic E-state index is 10.5. The number of carbonyl (C=O) groups is 1. The number of aryl methyl sites for hydroxylation is 1. The van der Waals surface area contributed by atoms with Crippen LogP contribution in [0.25, 0.3) is 0 Å². The number of hydrogen-bond acceptors (Lipinski definition) is 1. The van der Waals surface area contributed by atoms with Gasteiger partial charge < -0.3 is 5.11 Å². The van der Waals surface area contributed by atoms with E-state index in [0.717, 1.165) is 11.1 Å². The second kappa shape index (κ2) is 3.72. The summed E-state index contributed by atoms with van der Waals surface area (Å²) in [4.78, 5) is 9.94. The third-order valence-corrected chi connectivity index (χ3v) is 2.51. The quantitative estimate of drug-likeness (QED) is 0.791. The number of hydrogen-bond donors (Lipinski definition) is 1. The van der Waals surface area contributed by atoms with Crippen molar-refractivity contribution in [2.24, 2.45) is 0 Å². The molecular weight excluding hydrogens is 220 g/mol. The van der Waals surface area contributed by atoms with E-state index in [1.54, 1.807) is 0 Å². The summed E-state index contributed by atoms with van der Waals surface area (Å²) in [6.07, 6.45) is 0. The third kappa shape index (κ3) is 2.08. The Labute approximate surface area is 79.3 Å². The predicted octanol–water partition coefficient (Wildman–Crippen LogP) is 2.52. The van der Waals surface area contributed by atoms with E-state index in [0.29, 0.717) is 0 Å². The fourth-order valence-electron chi connectivity index (χ4n) is 0.878. The molecule has 0 bridgehead atoms. The van der Waals surface area contributed by atoms with Crippen LogP contribution < -0.4 is 0 Å². The van der Waals surface area contributed by atoms with Gasteiger partial charge in [-0.25, -0.2) is 0 Å². The molecule has 12 heavy (non-hydrogen) atoms. The Bertz CT molecular complexity index is 279. The molecule has 0 fully saturated rings. The first-order valence-electron chi connectivity index (χ1n) is 3.54. The van der Waals surface area contributed by atoms with Crippen molar-refractivity contribution in [2.75, 3.05) is 0 Å². The van der Waals surface area contributed by atoms with E-state index in [4.69, 9.17) is 5.11 Å². The molecule has 1 N–H and O–H groups in total. The number of halogens is 1. The van der Waals surface area contributed by atoms with E-state index in [9.17, 15) is 4.79 Å². The maximum Gasteiger partial charge on any atom is 0.321 e. The van der Waals surface area contributed by atoms with Crippen LogP contribution in [0.5, 0.6) is 0 Å². The first-order chi connectivity index (χ1) is 5.61. The van der Waals surface area contributed by atoms with Crippen LogP contribution in [0.15, 0.2) is 24.3 Å². The first-order valence-corrected chi connectivity index (χ1v) is 4.46. The summed E-state index contributed by atoms with van der Waals surface area (Å²) in [6.45, 7) is 1.97. The summed E-state index contributed by atoms with van der Waals surface area (Å²) in [5.74, 6) is -0.862. The van der Waals surface area contributed by atoms with Gasteiger partial charge >= 0.3 is 5.97 Å². The zero-order valence-corrected chi connectivity index (χ0v) is 8.21. The van der Waals surface area contributed by atoms with E-state index in [1.807, 2.05) is 31.2 Å². The Hall–Kier alpha value is -0.830. The molecule has 1 atom stereocenters. The molecule has 0 aliphatic carbocycles. The monoisotopic (exact) mass is 228 g/mol. The molecule has 0 aliphatic heterocycles. The van der Waals surface area contributed by atoms with Crippen molar-refractivity contribution in [1.82, 2.24) is 0 Å². The summed E-state index contributed by atoms with van der Waals surface area (Å²) in [6, 6.07) is 7.41. The van der Waals surface area contributed by atoms with E-state index in [2.05, 4.69) is 15.9 Å². The third-order valence-electron chi connectivity index (χ3n) is 1.59. The highest BCUT2D eigenvalue weighted by Gasteiger charge is 2.14. The molecule has 0 heterocycles. The van der Waals surface area contributed by atoms with Crippen LogP contribution in [0, 0.1) is 6.92 Å². The van der Waals surface area contributed by atoms with E-state index < -0.39 is 10.8 Å². The second-order valence-electron chi connectivity index (χ2n) is 2.61. The number of rotatable bonds is 2. The zero-order chi connectivity index (χ0) is 9.14. The van der Waals surface area contributed by atoms with E-state index >= 15 is 0 Å². The molecule has 0 radical (unpaired) electrons.